The van der Waals surface area contributed by atoms with Crippen molar-refractivity contribution in [3.05, 3.63) is 164 Å². The summed E-state index contributed by atoms with van der Waals surface area (Å²) >= 11 is 0. The molecule has 0 fully saturated rings. The molecule has 0 amide bonds. The molecule has 6 aromatic rings. The molecule has 0 spiro atoms. The summed E-state index contributed by atoms with van der Waals surface area (Å²) in [6.07, 6.45) is 9.85. The Morgan fingerprint density at radius 1 is 0.667 bits per heavy atom. The first-order chi connectivity index (χ1) is 21.7. The summed E-state index contributed by atoms with van der Waals surface area (Å²) < 4.78 is 0. The topological polar surface area (TPSA) is 23.9 Å². The van der Waals surface area contributed by atoms with Gasteiger partial charge in [-0.3, -0.25) is 0 Å². The van der Waals surface area contributed by atoms with Crippen molar-refractivity contribution in [3.8, 4) is 22.3 Å². The zero-order valence-electron chi connectivity index (χ0n) is 26.4. The van der Waals surface area contributed by atoms with Gasteiger partial charge in [-0.2, -0.15) is 0 Å². The fourth-order valence-electron chi connectivity index (χ4n) is 6.15. The van der Waals surface area contributed by atoms with Gasteiger partial charge < -0.3 is 5.41 Å². The van der Waals surface area contributed by atoms with E-state index in [0.29, 0.717) is 12.1 Å². The predicted molar refractivity (Wildman–Crippen MR) is 198 cm³/mol. The lowest BCUT2D eigenvalue weighted by Gasteiger charge is -2.21. The highest BCUT2D eigenvalue weighted by atomic mass is 14.4. The molecule has 0 aliphatic heterocycles. The van der Waals surface area contributed by atoms with Gasteiger partial charge in [0, 0.05) is 12.1 Å². The quantitative estimate of drug-likeness (QED) is 0.105. The zero-order chi connectivity index (χ0) is 31.6. The molecule has 0 saturated carbocycles. The molecular formula is C44H39N. The van der Waals surface area contributed by atoms with E-state index in [4.69, 9.17) is 5.41 Å². The Kier molecular flexibility index (Phi) is 8.20. The Balaban J connectivity index is 1.47. The van der Waals surface area contributed by atoms with Crippen molar-refractivity contribution >= 4 is 43.6 Å². The summed E-state index contributed by atoms with van der Waals surface area (Å²) in [7, 11) is 0. The van der Waals surface area contributed by atoms with E-state index in [9.17, 15) is 0 Å². The van der Waals surface area contributed by atoms with Gasteiger partial charge in [0.1, 0.15) is 0 Å². The summed E-state index contributed by atoms with van der Waals surface area (Å²) in [5.74, 6) is 0. The molecule has 0 bridgehead atoms. The number of allylic oxidation sites excluding steroid dienone is 6. The van der Waals surface area contributed by atoms with E-state index >= 15 is 0 Å². The van der Waals surface area contributed by atoms with Crippen LogP contribution in [-0.4, -0.2) is 5.71 Å². The van der Waals surface area contributed by atoms with E-state index in [2.05, 4.69) is 143 Å². The normalized spacial score (nSPS) is 12.1. The van der Waals surface area contributed by atoms with Gasteiger partial charge in [-0.15, -0.1) is 0 Å². The summed E-state index contributed by atoms with van der Waals surface area (Å²) in [6, 6.07) is 40.0. The number of fused-ring (bicyclic) bond motifs is 3. The summed E-state index contributed by atoms with van der Waals surface area (Å²) in [6.45, 7) is 14.8. The lowest BCUT2D eigenvalue weighted by atomic mass is 9.83. The highest BCUT2D eigenvalue weighted by Gasteiger charge is 2.18. The minimum atomic E-state index is 0.108. The van der Waals surface area contributed by atoms with E-state index in [0.717, 1.165) is 11.1 Å². The van der Waals surface area contributed by atoms with Gasteiger partial charge >= 0.3 is 0 Å². The number of rotatable bonds is 8. The highest BCUT2D eigenvalue weighted by molar-refractivity contribution is 6.21. The smallest absolute Gasteiger partial charge is 0.0351 e. The maximum absolute atomic E-state index is 8.20. The number of nitrogens with one attached hydrogen (secondary N) is 1. The van der Waals surface area contributed by atoms with Gasteiger partial charge in [0.05, 0.1) is 0 Å². The van der Waals surface area contributed by atoms with Crippen LogP contribution in [0.15, 0.2) is 153 Å². The molecule has 1 heteroatoms. The molecular weight excluding hydrogens is 542 g/mol. The molecule has 0 aliphatic rings. The molecule has 0 atom stereocenters. The lowest BCUT2D eigenvalue weighted by Crippen LogP contribution is -2.10. The first-order valence-corrected chi connectivity index (χ1v) is 15.6. The largest absolute Gasteiger partial charge is 0.305 e. The molecule has 0 heterocycles. The Hall–Kier alpha value is -5.27. The molecule has 0 unspecified atom stereocenters. The molecule has 0 aromatic heterocycles. The van der Waals surface area contributed by atoms with Crippen molar-refractivity contribution in [2.24, 2.45) is 0 Å². The van der Waals surface area contributed by atoms with Crippen LogP contribution in [0, 0.1) is 5.41 Å². The lowest BCUT2D eigenvalue weighted by molar-refractivity contribution is 0.590. The average molecular weight is 582 g/mol. The fourth-order valence-corrected chi connectivity index (χ4v) is 6.15. The predicted octanol–water partition coefficient (Wildman–Crippen LogP) is 12.5. The average Bonchev–Trinajstić information content (AvgIpc) is 3.05. The third kappa shape index (κ3) is 6.08. The van der Waals surface area contributed by atoms with Crippen LogP contribution in [0.5, 0.6) is 0 Å². The Morgan fingerprint density at radius 3 is 1.80 bits per heavy atom. The van der Waals surface area contributed by atoms with E-state index in [1.54, 1.807) is 6.08 Å². The monoisotopic (exact) mass is 581 g/mol. The van der Waals surface area contributed by atoms with E-state index in [1.165, 1.54) is 60.1 Å². The third-order valence-corrected chi connectivity index (χ3v) is 8.57. The van der Waals surface area contributed by atoms with Gasteiger partial charge in [0.2, 0.25) is 0 Å². The first-order valence-electron chi connectivity index (χ1n) is 15.6. The Morgan fingerprint density at radius 2 is 1.22 bits per heavy atom. The van der Waals surface area contributed by atoms with Crippen molar-refractivity contribution in [1.82, 2.24) is 0 Å². The second-order valence-electron chi connectivity index (χ2n) is 12.7. The Bertz CT molecular complexity index is 2090. The number of hydrogen-bond acceptors (Lipinski definition) is 1. The molecule has 45 heavy (non-hydrogen) atoms. The van der Waals surface area contributed by atoms with Crippen LogP contribution in [0.2, 0.25) is 0 Å². The molecule has 1 N–H and O–H groups in total. The van der Waals surface area contributed by atoms with E-state index < -0.39 is 0 Å². The van der Waals surface area contributed by atoms with E-state index in [1.807, 2.05) is 24.3 Å². The van der Waals surface area contributed by atoms with Crippen LogP contribution in [0.4, 0.5) is 0 Å². The summed E-state index contributed by atoms with van der Waals surface area (Å²) in [5, 5.41) is 15.6. The van der Waals surface area contributed by atoms with Crippen LogP contribution in [0.1, 0.15) is 38.3 Å². The van der Waals surface area contributed by atoms with Crippen molar-refractivity contribution in [2.45, 2.75) is 32.6 Å². The second-order valence-corrected chi connectivity index (χ2v) is 12.7. The van der Waals surface area contributed by atoms with Crippen LogP contribution in [0.3, 0.4) is 0 Å². The van der Waals surface area contributed by atoms with Crippen LogP contribution in [0.25, 0.3) is 60.1 Å². The van der Waals surface area contributed by atoms with Crippen molar-refractivity contribution in [2.75, 3.05) is 0 Å². The maximum Gasteiger partial charge on any atom is 0.0351 e. The van der Waals surface area contributed by atoms with Gasteiger partial charge in [0.15, 0.2) is 0 Å². The second kappa shape index (κ2) is 12.4. The SMILES string of the molecule is C=C/C=C\CC(=N)/C=C\C(=C)c1ccc2ccc(-c3c4ccccc4c(-c4ccc(C(C)(C)C)cc4)c4ccccc34)cc2c1. The molecule has 0 saturated heterocycles. The van der Waals surface area contributed by atoms with Gasteiger partial charge in [0.25, 0.3) is 0 Å². The zero-order valence-corrected chi connectivity index (χ0v) is 26.4. The van der Waals surface area contributed by atoms with Crippen molar-refractivity contribution in [3.63, 3.8) is 0 Å². The van der Waals surface area contributed by atoms with Gasteiger partial charge in [-0.05, 0) is 94.9 Å². The first kappa shape index (κ1) is 29.8. The number of hydrogen-bond donors (Lipinski definition) is 1. The minimum Gasteiger partial charge on any atom is -0.305 e. The fraction of sp³-hybridized carbons (Fsp3) is 0.114. The molecule has 0 radical (unpaired) electrons. The van der Waals surface area contributed by atoms with Crippen LogP contribution < -0.4 is 0 Å². The van der Waals surface area contributed by atoms with E-state index in [-0.39, 0.29) is 5.41 Å². The van der Waals surface area contributed by atoms with Crippen molar-refractivity contribution < 1.29 is 0 Å². The molecule has 220 valence electrons. The van der Waals surface area contributed by atoms with Crippen LogP contribution in [-0.2, 0) is 5.41 Å². The number of benzene rings is 6. The van der Waals surface area contributed by atoms with Crippen molar-refractivity contribution in [1.29, 1.82) is 5.41 Å². The minimum absolute atomic E-state index is 0.108. The maximum atomic E-state index is 8.20. The Labute approximate surface area is 267 Å². The molecule has 6 rings (SSSR count). The van der Waals surface area contributed by atoms with Crippen LogP contribution >= 0.6 is 0 Å². The molecule has 0 aliphatic carbocycles. The molecule has 1 nitrogen and oxygen atoms in total. The standard InChI is InChI=1S/C44H39N/c1-6-7-8-13-37(45)27-18-30(2)33-21-19-31-20-22-34(29-35(31)28-33)43-40-16-11-9-14-38(40)42(39-15-10-12-17-41(39)43)32-23-25-36(26-24-32)44(3,4)5/h6-12,14-29,45H,1-2,13H2,3-5H3/b8-7-,27-18-,45-37?. The third-order valence-electron chi connectivity index (χ3n) is 8.57. The summed E-state index contributed by atoms with van der Waals surface area (Å²) in [4.78, 5) is 0. The summed E-state index contributed by atoms with van der Waals surface area (Å²) in [5.41, 5.74) is 8.88. The highest BCUT2D eigenvalue weighted by Crippen LogP contribution is 2.44. The molecule has 6 aromatic carbocycles. The van der Waals surface area contributed by atoms with Gasteiger partial charge in [-0.25, -0.2) is 0 Å². The van der Waals surface area contributed by atoms with Gasteiger partial charge in [-0.1, -0.05) is 155 Å².